The van der Waals surface area contributed by atoms with E-state index >= 15 is 0 Å². The number of rotatable bonds is 5. The molecule has 2 rings (SSSR count). The number of halogens is 1. The average molecular weight is 280 g/mol. The SMILES string of the molecule is Nc1cnc(Cl)cc1C(=O)NCCCn1cccn1. The minimum atomic E-state index is -0.248. The highest BCUT2D eigenvalue weighted by atomic mass is 35.5. The van der Waals surface area contributed by atoms with Gasteiger partial charge in [0.1, 0.15) is 5.15 Å². The van der Waals surface area contributed by atoms with Gasteiger partial charge in [0, 0.05) is 25.5 Å². The van der Waals surface area contributed by atoms with Crippen LogP contribution in [0.25, 0.3) is 0 Å². The molecule has 7 heteroatoms. The monoisotopic (exact) mass is 279 g/mol. The number of carbonyl (C=O) groups excluding carboxylic acids is 1. The number of nitrogens with zero attached hydrogens (tertiary/aromatic N) is 3. The lowest BCUT2D eigenvalue weighted by Crippen LogP contribution is -2.26. The van der Waals surface area contributed by atoms with E-state index in [2.05, 4.69) is 15.4 Å². The van der Waals surface area contributed by atoms with Crippen molar-refractivity contribution in [1.29, 1.82) is 0 Å². The van der Waals surface area contributed by atoms with Gasteiger partial charge in [-0.3, -0.25) is 9.48 Å². The molecule has 0 aliphatic heterocycles. The normalized spacial score (nSPS) is 10.4. The number of nitrogens with two attached hydrogens (primary N) is 1. The lowest BCUT2D eigenvalue weighted by atomic mass is 10.2. The van der Waals surface area contributed by atoms with Gasteiger partial charge >= 0.3 is 0 Å². The molecule has 2 aromatic heterocycles. The Morgan fingerprint density at radius 1 is 1.53 bits per heavy atom. The highest BCUT2D eigenvalue weighted by molar-refractivity contribution is 6.29. The van der Waals surface area contributed by atoms with E-state index in [1.165, 1.54) is 12.3 Å². The molecule has 0 saturated carbocycles. The number of carbonyl (C=O) groups is 1. The van der Waals surface area contributed by atoms with Crippen molar-refractivity contribution in [2.45, 2.75) is 13.0 Å². The number of pyridine rings is 1. The van der Waals surface area contributed by atoms with E-state index in [0.29, 0.717) is 17.8 Å². The Morgan fingerprint density at radius 2 is 2.37 bits per heavy atom. The van der Waals surface area contributed by atoms with E-state index in [4.69, 9.17) is 17.3 Å². The van der Waals surface area contributed by atoms with Crippen molar-refractivity contribution in [3.8, 4) is 0 Å². The summed E-state index contributed by atoms with van der Waals surface area (Å²) in [5, 5.41) is 7.10. The molecule has 0 aliphatic carbocycles. The van der Waals surface area contributed by atoms with Gasteiger partial charge in [0.05, 0.1) is 17.4 Å². The lowest BCUT2D eigenvalue weighted by molar-refractivity contribution is 0.0953. The van der Waals surface area contributed by atoms with E-state index in [-0.39, 0.29) is 11.1 Å². The van der Waals surface area contributed by atoms with Crippen molar-refractivity contribution in [3.63, 3.8) is 0 Å². The molecule has 6 nitrogen and oxygen atoms in total. The van der Waals surface area contributed by atoms with Crippen LogP contribution in [0.2, 0.25) is 5.15 Å². The van der Waals surface area contributed by atoms with E-state index in [1.54, 1.807) is 6.20 Å². The van der Waals surface area contributed by atoms with Crippen LogP contribution < -0.4 is 11.1 Å². The number of nitrogen functional groups attached to an aromatic ring is 1. The predicted molar refractivity (Wildman–Crippen MR) is 72.8 cm³/mol. The van der Waals surface area contributed by atoms with Gasteiger partial charge in [0.2, 0.25) is 0 Å². The fourth-order valence-electron chi connectivity index (χ4n) is 1.61. The van der Waals surface area contributed by atoms with Crippen molar-refractivity contribution < 1.29 is 4.79 Å². The van der Waals surface area contributed by atoms with Gasteiger partial charge in [-0.1, -0.05) is 11.6 Å². The van der Waals surface area contributed by atoms with Crippen molar-refractivity contribution in [2.24, 2.45) is 0 Å². The highest BCUT2D eigenvalue weighted by Crippen LogP contribution is 2.14. The van der Waals surface area contributed by atoms with Gasteiger partial charge in [-0.15, -0.1) is 0 Å². The van der Waals surface area contributed by atoms with Crippen LogP contribution in [0.15, 0.2) is 30.7 Å². The van der Waals surface area contributed by atoms with E-state index in [9.17, 15) is 4.79 Å². The second-order valence-corrected chi connectivity index (χ2v) is 4.36. The van der Waals surface area contributed by atoms with Crippen LogP contribution in [0.4, 0.5) is 5.69 Å². The molecule has 0 aliphatic rings. The molecule has 0 fully saturated rings. The molecule has 1 amide bonds. The van der Waals surface area contributed by atoms with Gasteiger partial charge in [0.15, 0.2) is 0 Å². The van der Waals surface area contributed by atoms with Crippen molar-refractivity contribution in [1.82, 2.24) is 20.1 Å². The van der Waals surface area contributed by atoms with Crippen LogP contribution >= 0.6 is 11.6 Å². The van der Waals surface area contributed by atoms with Crippen molar-refractivity contribution >= 4 is 23.2 Å². The number of nitrogens with one attached hydrogen (secondary N) is 1. The van der Waals surface area contributed by atoms with E-state index in [0.717, 1.165) is 13.0 Å². The molecule has 2 heterocycles. The molecular formula is C12H14ClN5O. The Bertz CT molecular complexity index is 555. The Hall–Kier alpha value is -2.08. The molecule has 0 spiro atoms. The van der Waals surface area contributed by atoms with E-state index in [1.807, 2.05) is 16.9 Å². The Balaban J connectivity index is 1.82. The van der Waals surface area contributed by atoms with Gasteiger partial charge in [-0.2, -0.15) is 5.10 Å². The highest BCUT2D eigenvalue weighted by Gasteiger charge is 2.10. The Morgan fingerprint density at radius 3 is 3.11 bits per heavy atom. The van der Waals surface area contributed by atoms with Crippen LogP contribution in [0.1, 0.15) is 16.8 Å². The first-order valence-corrected chi connectivity index (χ1v) is 6.21. The number of aromatic nitrogens is 3. The van der Waals surface area contributed by atoms with Gasteiger partial charge in [-0.05, 0) is 18.6 Å². The Labute approximate surface area is 115 Å². The number of anilines is 1. The van der Waals surface area contributed by atoms with Crippen LogP contribution in [0.3, 0.4) is 0 Å². The lowest BCUT2D eigenvalue weighted by Gasteiger charge is -2.07. The third-order valence-corrected chi connectivity index (χ3v) is 2.76. The maximum Gasteiger partial charge on any atom is 0.253 e. The first kappa shape index (κ1) is 13.4. The second-order valence-electron chi connectivity index (χ2n) is 3.97. The van der Waals surface area contributed by atoms with Crippen LogP contribution in [0, 0.1) is 0 Å². The number of hydrogen-bond donors (Lipinski definition) is 2. The van der Waals surface area contributed by atoms with Crippen LogP contribution in [0.5, 0.6) is 0 Å². The average Bonchev–Trinajstić information content (AvgIpc) is 2.90. The molecule has 0 aromatic carbocycles. The zero-order valence-electron chi connectivity index (χ0n) is 10.2. The summed E-state index contributed by atoms with van der Waals surface area (Å²) in [5.41, 5.74) is 6.34. The predicted octanol–water partition coefficient (Wildman–Crippen LogP) is 1.33. The molecule has 0 radical (unpaired) electrons. The summed E-state index contributed by atoms with van der Waals surface area (Å²) in [4.78, 5) is 15.7. The van der Waals surface area contributed by atoms with E-state index < -0.39 is 0 Å². The second kappa shape index (κ2) is 6.19. The van der Waals surface area contributed by atoms with Gasteiger partial charge in [0.25, 0.3) is 5.91 Å². The first-order chi connectivity index (χ1) is 9.16. The smallest absolute Gasteiger partial charge is 0.253 e. The molecule has 3 N–H and O–H groups in total. The largest absolute Gasteiger partial charge is 0.397 e. The third kappa shape index (κ3) is 3.69. The minimum Gasteiger partial charge on any atom is -0.397 e. The first-order valence-electron chi connectivity index (χ1n) is 5.83. The van der Waals surface area contributed by atoms with Crippen molar-refractivity contribution in [3.05, 3.63) is 41.4 Å². The summed E-state index contributed by atoms with van der Waals surface area (Å²) in [6.45, 7) is 1.29. The molecule has 2 aromatic rings. The molecule has 19 heavy (non-hydrogen) atoms. The quantitative estimate of drug-likeness (QED) is 0.639. The molecule has 0 saturated heterocycles. The molecule has 0 atom stereocenters. The third-order valence-electron chi connectivity index (χ3n) is 2.55. The summed E-state index contributed by atoms with van der Waals surface area (Å²) in [6, 6.07) is 3.32. The van der Waals surface area contributed by atoms with Gasteiger partial charge < -0.3 is 11.1 Å². The number of aryl methyl sites for hydroxylation is 1. The molecule has 0 bridgehead atoms. The fraction of sp³-hybridized carbons (Fsp3) is 0.250. The standard InChI is InChI=1S/C12H14ClN5O/c13-11-7-9(10(14)8-16-11)12(19)15-3-1-5-18-6-2-4-17-18/h2,4,6-8H,1,3,5,14H2,(H,15,19). The maximum absolute atomic E-state index is 11.9. The summed E-state index contributed by atoms with van der Waals surface area (Å²) < 4.78 is 1.81. The summed E-state index contributed by atoms with van der Waals surface area (Å²) in [5.74, 6) is -0.248. The van der Waals surface area contributed by atoms with Crippen LogP contribution in [-0.2, 0) is 6.54 Å². The zero-order valence-corrected chi connectivity index (χ0v) is 11.0. The fourth-order valence-corrected chi connectivity index (χ4v) is 1.77. The Kier molecular flexibility index (Phi) is 4.35. The van der Waals surface area contributed by atoms with Gasteiger partial charge in [-0.25, -0.2) is 4.98 Å². The molecule has 0 unspecified atom stereocenters. The zero-order chi connectivity index (χ0) is 13.7. The van der Waals surface area contributed by atoms with Crippen molar-refractivity contribution in [2.75, 3.05) is 12.3 Å². The summed E-state index contributed by atoms with van der Waals surface area (Å²) >= 11 is 5.73. The topological polar surface area (TPSA) is 85.8 Å². The maximum atomic E-state index is 11.9. The minimum absolute atomic E-state index is 0.246. The van der Waals surface area contributed by atoms with Crippen LogP contribution in [-0.4, -0.2) is 27.2 Å². The molecular weight excluding hydrogens is 266 g/mol. The number of hydrogen-bond acceptors (Lipinski definition) is 4. The number of amides is 1. The summed E-state index contributed by atoms with van der Waals surface area (Å²) in [7, 11) is 0. The molecule has 100 valence electrons. The summed E-state index contributed by atoms with van der Waals surface area (Å²) in [6.07, 6.45) is 5.76.